The van der Waals surface area contributed by atoms with E-state index in [-0.39, 0.29) is 0 Å². The van der Waals surface area contributed by atoms with E-state index < -0.39 is 0 Å². The summed E-state index contributed by atoms with van der Waals surface area (Å²) >= 11 is 0. The van der Waals surface area contributed by atoms with Crippen LogP contribution in [0.2, 0.25) is 0 Å². The zero-order chi connectivity index (χ0) is 13.5. The minimum absolute atomic E-state index is 0.679. The molecule has 0 aliphatic rings. The fraction of sp³-hybridized carbons (Fsp3) is 0.571. The van der Waals surface area contributed by atoms with E-state index in [1.807, 2.05) is 18.2 Å². The van der Waals surface area contributed by atoms with Crippen LogP contribution < -0.4 is 15.4 Å². The first kappa shape index (κ1) is 14.6. The molecule has 4 heteroatoms. The molecule has 0 radical (unpaired) electrons. The summed E-state index contributed by atoms with van der Waals surface area (Å²) in [6.45, 7) is 8.63. The van der Waals surface area contributed by atoms with Crippen LogP contribution in [0.15, 0.2) is 18.2 Å². The van der Waals surface area contributed by atoms with Crippen molar-refractivity contribution in [3.63, 3.8) is 0 Å². The van der Waals surface area contributed by atoms with Crippen molar-refractivity contribution in [1.82, 2.24) is 4.90 Å². The summed E-state index contributed by atoms with van der Waals surface area (Å²) in [5.41, 5.74) is 7.63. The van der Waals surface area contributed by atoms with Crippen LogP contribution in [0.25, 0.3) is 0 Å². The highest BCUT2D eigenvalue weighted by Gasteiger charge is 2.06. The quantitative estimate of drug-likeness (QED) is 0.753. The Morgan fingerprint density at radius 1 is 1.17 bits per heavy atom. The van der Waals surface area contributed by atoms with Gasteiger partial charge in [-0.3, -0.25) is 0 Å². The Kier molecular flexibility index (Phi) is 5.78. The molecule has 0 amide bonds. The summed E-state index contributed by atoms with van der Waals surface area (Å²) < 4.78 is 5.24. The Bertz CT molecular complexity index is 364. The van der Waals surface area contributed by atoms with Crippen LogP contribution in [0.5, 0.6) is 5.75 Å². The molecule has 1 rings (SSSR count). The lowest BCUT2D eigenvalue weighted by Crippen LogP contribution is -2.33. The largest absolute Gasteiger partial charge is 0.495 e. The number of nitrogens with two attached hydrogens (primary N) is 1. The Morgan fingerprint density at radius 2 is 1.83 bits per heavy atom. The molecule has 1 aromatic rings. The summed E-state index contributed by atoms with van der Waals surface area (Å²) in [7, 11) is 3.74. The maximum atomic E-state index is 5.81. The van der Waals surface area contributed by atoms with Crippen LogP contribution in [0.3, 0.4) is 0 Å². The predicted octanol–water partition coefficient (Wildman–Crippen LogP) is 2.06. The zero-order valence-corrected chi connectivity index (χ0v) is 11.9. The van der Waals surface area contributed by atoms with E-state index in [9.17, 15) is 0 Å². The molecule has 0 atom stereocenters. The monoisotopic (exact) mass is 251 g/mol. The second-order valence-electron chi connectivity index (χ2n) is 4.37. The third-order valence-corrected chi connectivity index (χ3v) is 3.30. The second kappa shape index (κ2) is 7.11. The SMILES string of the molecule is CCN(CC)CCN(C)c1ccc(N)c(OC)c1. The summed E-state index contributed by atoms with van der Waals surface area (Å²) in [6.07, 6.45) is 0. The lowest BCUT2D eigenvalue weighted by molar-refractivity contribution is 0.311. The number of hydrogen-bond donors (Lipinski definition) is 1. The van der Waals surface area contributed by atoms with Crippen molar-refractivity contribution in [3.05, 3.63) is 18.2 Å². The van der Waals surface area contributed by atoms with Gasteiger partial charge in [-0.15, -0.1) is 0 Å². The maximum Gasteiger partial charge on any atom is 0.143 e. The van der Waals surface area contributed by atoms with E-state index in [0.29, 0.717) is 5.69 Å². The number of rotatable bonds is 7. The van der Waals surface area contributed by atoms with Crippen LogP contribution in [0.4, 0.5) is 11.4 Å². The number of ether oxygens (including phenoxy) is 1. The lowest BCUT2D eigenvalue weighted by atomic mass is 10.2. The van der Waals surface area contributed by atoms with Crippen molar-refractivity contribution < 1.29 is 4.74 Å². The summed E-state index contributed by atoms with van der Waals surface area (Å²) in [4.78, 5) is 4.63. The van der Waals surface area contributed by atoms with E-state index >= 15 is 0 Å². The number of nitrogen functional groups attached to an aromatic ring is 1. The average molecular weight is 251 g/mol. The third kappa shape index (κ3) is 3.81. The van der Waals surface area contributed by atoms with Gasteiger partial charge in [0.05, 0.1) is 12.8 Å². The Balaban J connectivity index is 2.63. The van der Waals surface area contributed by atoms with Crippen molar-refractivity contribution in [2.24, 2.45) is 0 Å². The van der Waals surface area contributed by atoms with Gasteiger partial charge in [-0.05, 0) is 25.2 Å². The molecule has 0 saturated carbocycles. The molecule has 18 heavy (non-hydrogen) atoms. The van der Waals surface area contributed by atoms with Crippen molar-refractivity contribution in [1.29, 1.82) is 0 Å². The molecule has 0 unspecified atom stereocenters. The fourth-order valence-electron chi connectivity index (χ4n) is 1.90. The van der Waals surface area contributed by atoms with Gasteiger partial charge in [-0.2, -0.15) is 0 Å². The van der Waals surface area contributed by atoms with Crippen LogP contribution in [0, 0.1) is 0 Å². The molecule has 102 valence electrons. The number of nitrogens with zero attached hydrogens (tertiary/aromatic N) is 2. The first-order valence-corrected chi connectivity index (χ1v) is 6.49. The fourth-order valence-corrected chi connectivity index (χ4v) is 1.90. The van der Waals surface area contributed by atoms with Gasteiger partial charge in [0.25, 0.3) is 0 Å². The van der Waals surface area contributed by atoms with Crippen molar-refractivity contribution in [2.45, 2.75) is 13.8 Å². The molecule has 2 N–H and O–H groups in total. The van der Waals surface area contributed by atoms with Crippen LogP contribution in [-0.2, 0) is 0 Å². The smallest absolute Gasteiger partial charge is 0.143 e. The Labute approximate surface area is 110 Å². The molecule has 0 bridgehead atoms. The lowest BCUT2D eigenvalue weighted by Gasteiger charge is -2.25. The number of hydrogen-bond acceptors (Lipinski definition) is 4. The van der Waals surface area contributed by atoms with Crippen molar-refractivity contribution >= 4 is 11.4 Å². The number of anilines is 2. The zero-order valence-electron chi connectivity index (χ0n) is 11.9. The molecule has 0 fully saturated rings. The van der Waals surface area contributed by atoms with E-state index in [2.05, 4.69) is 30.7 Å². The standard InChI is InChI=1S/C14H25N3O/c1-5-17(6-2)10-9-16(3)12-7-8-13(15)14(11-12)18-4/h7-8,11H,5-6,9-10,15H2,1-4H3. The van der Waals surface area contributed by atoms with Gasteiger partial charge in [0.15, 0.2) is 0 Å². The number of likely N-dealkylation sites (N-methyl/N-ethyl adjacent to an activating group) is 2. The van der Waals surface area contributed by atoms with Crippen molar-refractivity contribution in [2.75, 3.05) is 51.0 Å². The molecule has 0 aliphatic carbocycles. The molecule has 0 heterocycles. The first-order valence-electron chi connectivity index (χ1n) is 6.49. The summed E-state index contributed by atoms with van der Waals surface area (Å²) in [5, 5.41) is 0. The van der Waals surface area contributed by atoms with Gasteiger partial charge in [0, 0.05) is 31.9 Å². The van der Waals surface area contributed by atoms with Gasteiger partial charge >= 0.3 is 0 Å². The van der Waals surface area contributed by atoms with Crippen LogP contribution in [-0.4, -0.2) is 45.2 Å². The average Bonchev–Trinajstić information content (AvgIpc) is 2.40. The molecule has 0 aromatic heterocycles. The summed E-state index contributed by atoms with van der Waals surface area (Å²) in [5.74, 6) is 0.738. The van der Waals surface area contributed by atoms with E-state index in [1.54, 1.807) is 7.11 Å². The predicted molar refractivity (Wildman–Crippen MR) is 78.5 cm³/mol. The van der Waals surface area contributed by atoms with E-state index in [4.69, 9.17) is 10.5 Å². The van der Waals surface area contributed by atoms with E-state index in [1.165, 1.54) is 0 Å². The summed E-state index contributed by atoms with van der Waals surface area (Å²) in [6, 6.07) is 5.90. The molecule has 0 saturated heterocycles. The Morgan fingerprint density at radius 3 is 2.39 bits per heavy atom. The molecular formula is C14H25N3O. The molecule has 4 nitrogen and oxygen atoms in total. The Hall–Kier alpha value is -1.42. The molecule has 0 spiro atoms. The molecular weight excluding hydrogens is 226 g/mol. The highest BCUT2D eigenvalue weighted by Crippen LogP contribution is 2.26. The van der Waals surface area contributed by atoms with Gasteiger partial charge < -0.3 is 20.3 Å². The first-order chi connectivity index (χ1) is 8.62. The highest BCUT2D eigenvalue weighted by molar-refractivity contribution is 5.62. The normalized spacial score (nSPS) is 10.7. The van der Waals surface area contributed by atoms with Gasteiger partial charge in [-0.1, -0.05) is 13.8 Å². The number of methoxy groups -OCH3 is 1. The minimum atomic E-state index is 0.679. The molecule has 1 aromatic carbocycles. The highest BCUT2D eigenvalue weighted by atomic mass is 16.5. The van der Waals surface area contributed by atoms with Crippen LogP contribution in [0.1, 0.15) is 13.8 Å². The van der Waals surface area contributed by atoms with E-state index in [0.717, 1.165) is 37.6 Å². The minimum Gasteiger partial charge on any atom is -0.495 e. The third-order valence-electron chi connectivity index (χ3n) is 3.30. The van der Waals surface area contributed by atoms with Gasteiger partial charge in [-0.25, -0.2) is 0 Å². The van der Waals surface area contributed by atoms with Gasteiger partial charge in [0.2, 0.25) is 0 Å². The number of benzene rings is 1. The second-order valence-corrected chi connectivity index (χ2v) is 4.37. The molecule has 0 aliphatic heterocycles. The van der Waals surface area contributed by atoms with Crippen molar-refractivity contribution in [3.8, 4) is 5.75 Å². The van der Waals surface area contributed by atoms with Gasteiger partial charge in [0.1, 0.15) is 5.75 Å². The van der Waals surface area contributed by atoms with Crippen LogP contribution >= 0.6 is 0 Å². The topological polar surface area (TPSA) is 41.7 Å². The maximum absolute atomic E-state index is 5.81.